The number of amides is 1. The summed E-state index contributed by atoms with van der Waals surface area (Å²) in [6.45, 7) is 0.469. The quantitative estimate of drug-likeness (QED) is 0.668. The van der Waals surface area contributed by atoms with E-state index in [-0.39, 0.29) is 11.3 Å². The van der Waals surface area contributed by atoms with Crippen LogP contribution in [0.2, 0.25) is 0 Å². The number of nitrogens with zero attached hydrogens (tertiary/aromatic N) is 1. The molecular formula is C15H19FN2O3. The minimum atomic E-state index is -0.671. The predicted octanol–water partition coefficient (Wildman–Crippen LogP) is 3.43. The van der Waals surface area contributed by atoms with Crippen molar-refractivity contribution in [2.24, 2.45) is 5.92 Å². The molecule has 0 radical (unpaired) electrons. The molecule has 0 atom stereocenters. The molecule has 1 aromatic rings. The van der Waals surface area contributed by atoms with Gasteiger partial charge in [0.2, 0.25) is 0 Å². The lowest BCUT2D eigenvalue weighted by Gasteiger charge is -2.21. The molecule has 0 unspecified atom stereocenters. The lowest BCUT2D eigenvalue weighted by molar-refractivity contribution is -0.385. The van der Waals surface area contributed by atoms with Crippen LogP contribution >= 0.6 is 0 Å². The minimum absolute atomic E-state index is 0.219. The zero-order chi connectivity index (χ0) is 15.2. The highest BCUT2D eigenvalue weighted by Crippen LogP contribution is 2.26. The first kappa shape index (κ1) is 15.4. The van der Waals surface area contributed by atoms with Gasteiger partial charge in [0.05, 0.1) is 4.92 Å². The highest BCUT2D eigenvalue weighted by Gasteiger charge is 2.21. The molecule has 1 aliphatic carbocycles. The van der Waals surface area contributed by atoms with Crippen LogP contribution in [0.3, 0.4) is 0 Å². The summed E-state index contributed by atoms with van der Waals surface area (Å²) < 4.78 is 13.2. The SMILES string of the molecule is O=C(NCCC1CCCCC1)c1cc(F)ccc1[N+](=O)[O-]. The van der Waals surface area contributed by atoms with Crippen molar-refractivity contribution in [3.05, 3.63) is 39.7 Å². The third-order valence-corrected chi connectivity index (χ3v) is 3.96. The molecule has 0 aliphatic heterocycles. The first-order valence-corrected chi connectivity index (χ1v) is 7.30. The standard InChI is InChI=1S/C15H19FN2O3/c16-12-6-7-14(18(20)21)13(10-12)15(19)17-9-8-11-4-2-1-3-5-11/h6-7,10-11H,1-5,8-9H2,(H,17,19). The Bertz CT molecular complexity index is 528. The molecule has 2 rings (SSSR count). The van der Waals surface area contributed by atoms with E-state index in [0.29, 0.717) is 12.5 Å². The first-order chi connectivity index (χ1) is 10.1. The summed E-state index contributed by atoms with van der Waals surface area (Å²) in [5.74, 6) is -0.628. The van der Waals surface area contributed by atoms with Crippen molar-refractivity contribution in [2.75, 3.05) is 6.54 Å². The molecule has 5 nitrogen and oxygen atoms in total. The smallest absolute Gasteiger partial charge is 0.282 e. The van der Waals surface area contributed by atoms with E-state index in [1.165, 1.54) is 32.1 Å². The van der Waals surface area contributed by atoms with E-state index >= 15 is 0 Å². The zero-order valence-electron chi connectivity index (χ0n) is 11.8. The summed E-state index contributed by atoms with van der Waals surface area (Å²) in [7, 11) is 0. The second kappa shape index (κ2) is 7.15. The van der Waals surface area contributed by atoms with Gasteiger partial charge in [0.1, 0.15) is 11.4 Å². The van der Waals surface area contributed by atoms with Gasteiger partial charge in [-0.15, -0.1) is 0 Å². The summed E-state index contributed by atoms with van der Waals surface area (Å²) in [5, 5.41) is 13.5. The molecule has 1 amide bonds. The van der Waals surface area contributed by atoms with Crippen LogP contribution in [0.5, 0.6) is 0 Å². The van der Waals surface area contributed by atoms with Crippen molar-refractivity contribution >= 4 is 11.6 Å². The second-order valence-corrected chi connectivity index (χ2v) is 5.47. The monoisotopic (exact) mass is 294 g/mol. The van der Waals surface area contributed by atoms with Crippen molar-refractivity contribution in [2.45, 2.75) is 38.5 Å². The number of nitro groups is 1. The average molecular weight is 294 g/mol. The molecule has 1 aliphatic rings. The molecule has 0 heterocycles. The summed E-state index contributed by atoms with van der Waals surface area (Å²) in [5.41, 5.74) is -0.588. The van der Waals surface area contributed by atoms with Crippen LogP contribution in [0.1, 0.15) is 48.9 Å². The molecule has 21 heavy (non-hydrogen) atoms. The van der Waals surface area contributed by atoms with E-state index in [9.17, 15) is 19.3 Å². The average Bonchev–Trinajstić information content (AvgIpc) is 2.47. The molecule has 1 N–H and O–H groups in total. The number of halogens is 1. The van der Waals surface area contributed by atoms with Crippen molar-refractivity contribution in [1.29, 1.82) is 0 Å². The van der Waals surface area contributed by atoms with Crippen LogP contribution in [-0.2, 0) is 0 Å². The highest BCUT2D eigenvalue weighted by atomic mass is 19.1. The zero-order valence-corrected chi connectivity index (χ0v) is 11.8. The number of hydrogen-bond donors (Lipinski definition) is 1. The lowest BCUT2D eigenvalue weighted by atomic mass is 9.87. The van der Waals surface area contributed by atoms with E-state index in [4.69, 9.17) is 0 Å². The van der Waals surface area contributed by atoms with Gasteiger partial charge in [-0.05, 0) is 24.5 Å². The van der Waals surface area contributed by atoms with Crippen LogP contribution in [0, 0.1) is 21.8 Å². The van der Waals surface area contributed by atoms with Crippen molar-refractivity contribution in [3.8, 4) is 0 Å². The third-order valence-electron chi connectivity index (χ3n) is 3.96. The highest BCUT2D eigenvalue weighted by molar-refractivity contribution is 5.98. The summed E-state index contributed by atoms with van der Waals surface area (Å²) >= 11 is 0. The van der Waals surface area contributed by atoms with Crippen molar-refractivity contribution in [3.63, 3.8) is 0 Å². The number of carbonyl (C=O) groups is 1. The molecule has 0 spiro atoms. The first-order valence-electron chi connectivity index (χ1n) is 7.30. The summed E-state index contributed by atoms with van der Waals surface area (Å²) in [6, 6.07) is 2.91. The van der Waals surface area contributed by atoms with Gasteiger partial charge >= 0.3 is 0 Å². The molecule has 0 aromatic heterocycles. The molecule has 114 valence electrons. The van der Waals surface area contributed by atoms with Gasteiger partial charge in [-0.1, -0.05) is 32.1 Å². The molecule has 6 heteroatoms. The fraction of sp³-hybridized carbons (Fsp3) is 0.533. The normalized spacial score (nSPS) is 15.7. The van der Waals surface area contributed by atoms with Crippen molar-refractivity contribution < 1.29 is 14.1 Å². The maximum absolute atomic E-state index is 13.2. The maximum atomic E-state index is 13.2. The Hall–Kier alpha value is -1.98. The van der Waals surface area contributed by atoms with Gasteiger partial charge in [0, 0.05) is 12.6 Å². The van der Waals surface area contributed by atoms with Crippen LogP contribution in [-0.4, -0.2) is 17.4 Å². The van der Waals surface area contributed by atoms with Gasteiger partial charge in [-0.25, -0.2) is 4.39 Å². The topological polar surface area (TPSA) is 72.2 Å². The van der Waals surface area contributed by atoms with Crippen LogP contribution in [0.25, 0.3) is 0 Å². The van der Waals surface area contributed by atoms with E-state index in [1.54, 1.807) is 0 Å². The minimum Gasteiger partial charge on any atom is -0.352 e. The van der Waals surface area contributed by atoms with E-state index in [1.807, 2.05) is 0 Å². The third kappa shape index (κ3) is 4.24. The summed E-state index contributed by atoms with van der Waals surface area (Å²) in [4.78, 5) is 22.2. The van der Waals surface area contributed by atoms with E-state index in [2.05, 4.69) is 5.32 Å². The Morgan fingerprint density at radius 2 is 2.05 bits per heavy atom. The molecule has 0 saturated heterocycles. The van der Waals surface area contributed by atoms with Crippen LogP contribution in [0.4, 0.5) is 10.1 Å². The molecule has 0 bridgehead atoms. The number of rotatable bonds is 5. The van der Waals surface area contributed by atoms with Crippen LogP contribution in [0.15, 0.2) is 18.2 Å². The predicted molar refractivity (Wildman–Crippen MR) is 76.6 cm³/mol. The van der Waals surface area contributed by atoms with Crippen molar-refractivity contribution in [1.82, 2.24) is 5.32 Å². The van der Waals surface area contributed by atoms with Gasteiger partial charge < -0.3 is 5.32 Å². The second-order valence-electron chi connectivity index (χ2n) is 5.47. The lowest BCUT2D eigenvalue weighted by Crippen LogP contribution is -2.27. The summed E-state index contributed by atoms with van der Waals surface area (Å²) in [6.07, 6.45) is 6.96. The molecular weight excluding hydrogens is 275 g/mol. The molecule has 1 saturated carbocycles. The van der Waals surface area contributed by atoms with Crippen LogP contribution < -0.4 is 5.32 Å². The fourth-order valence-corrected chi connectivity index (χ4v) is 2.81. The molecule has 1 fully saturated rings. The number of nitrogens with one attached hydrogen (secondary N) is 1. The van der Waals surface area contributed by atoms with Gasteiger partial charge in [-0.2, -0.15) is 0 Å². The Kier molecular flexibility index (Phi) is 5.25. The van der Waals surface area contributed by atoms with Gasteiger partial charge in [0.15, 0.2) is 0 Å². The Labute approximate surface area is 122 Å². The largest absolute Gasteiger partial charge is 0.352 e. The maximum Gasteiger partial charge on any atom is 0.282 e. The number of carbonyl (C=O) groups excluding carboxylic acids is 1. The Morgan fingerprint density at radius 1 is 1.33 bits per heavy atom. The number of benzene rings is 1. The Balaban J connectivity index is 1.93. The van der Waals surface area contributed by atoms with Gasteiger partial charge in [0.25, 0.3) is 11.6 Å². The number of hydrogen-bond acceptors (Lipinski definition) is 3. The Morgan fingerprint density at radius 3 is 2.71 bits per heavy atom. The fourth-order valence-electron chi connectivity index (χ4n) is 2.81. The van der Waals surface area contributed by atoms with Gasteiger partial charge in [-0.3, -0.25) is 14.9 Å². The van der Waals surface area contributed by atoms with E-state index in [0.717, 1.165) is 24.6 Å². The molecule has 1 aromatic carbocycles. The number of nitro benzene ring substituents is 1. The van der Waals surface area contributed by atoms with E-state index < -0.39 is 16.6 Å².